The van der Waals surface area contributed by atoms with E-state index in [0.29, 0.717) is 0 Å². The molecule has 1 heterocycles. The standard InChI is InChI=1S/C18H18ClF2N3O4S/c1-10(6-7-29(3,26)27)24-18(25)17-22-8-12(9-23-17)28-11(2)15-13(20)4-5-14(21)16(15)19/h4-11H,1-3H3,(H,24,25)/b7-6+/t10-,11?/m1/s1. The molecule has 1 amide bonds. The highest BCUT2D eigenvalue weighted by molar-refractivity contribution is 7.93. The molecule has 1 aromatic heterocycles. The first kappa shape index (κ1) is 22.7. The van der Waals surface area contributed by atoms with Crippen molar-refractivity contribution in [2.24, 2.45) is 0 Å². The van der Waals surface area contributed by atoms with E-state index in [1.165, 1.54) is 25.4 Å². The van der Waals surface area contributed by atoms with E-state index >= 15 is 0 Å². The lowest BCUT2D eigenvalue weighted by Crippen LogP contribution is -2.32. The molecular formula is C18H18ClF2N3O4S. The van der Waals surface area contributed by atoms with E-state index in [1.54, 1.807) is 6.92 Å². The zero-order chi connectivity index (χ0) is 21.8. The van der Waals surface area contributed by atoms with Crippen molar-refractivity contribution in [1.29, 1.82) is 0 Å². The minimum Gasteiger partial charge on any atom is -0.483 e. The number of aromatic nitrogens is 2. The number of nitrogens with one attached hydrogen (secondary N) is 1. The number of carbonyl (C=O) groups is 1. The molecule has 29 heavy (non-hydrogen) atoms. The van der Waals surface area contributed by atoms with Gasteiger partial charge in [0, 0.05) is 23.3 Å². The largest absolute Gasteiger partial charge is 0.483 e. The Kier molecular flexibility index (Phi) is 7.26. The first-order chi connectivity index (χ1) is 13.5. The highest BCUT2D eigenvalue weighted by Gasteiger charge is 2.20. The van der Waals surface area contributed by atoms with Crippen molar-refractivity contribution < 1.29 is 26.7 Å². The van der Waals surface area contributed by atoms with Gasteiger partial charge in [-0.05, 0) is 26.0 Å². The lowest BCUT2D eigenvalue weighted by atomic mass is 10.1. The average Bonchev–Trinajstić information content (AvgIpc) is 2.63. The van der Waals surface area contributed by atoms with Crippen LogP contribution in [0.3, 0.4) is 0 Å². The summed E-state index contributed by atoms with van der Waals surface area (Å²) in [7, 11) is -3.31. The predicted octanol–water partition coefficient (Wildman–Crippen LogP) is 3.22. The summed E-state index contributed by atoms with van der Waals surface area (Å²) in [6.45, 7) is 3.05. The molecule has 2 rings (SSSR count). The van der Waals surface area contributed by atoms with E-state index in [9.17, 15) is 22.0 Å². The van der Waals surface area contributed by atoms with Crippen LogP contribution in [0, 0.1) is 11.6 Å². The second kappa shape index (κ2) is 9.27. The van der Waals surface area contributed by atoms with Gasteiger partial charge in [0.1, 0.15) is 17.7 Å². The average molecular weight is 446 g/mol. The molecular weight excluding hydrogens is 428 g/mol. The number of hydrogen-bond acceptors (Lipinski definition) is 6. The lowest BCUT2D eigenvalue weighted by Gasteiger charge is -2.17. The fourth-order valence-corrected chi connectivity index (χ4v) is 3.08. The van der Waals surface area contributed by atoms with Gasteiger partial charge in [0.05, 0.1) is 17.4 Å². The Balaban J connectivity index is 2.06. The summed E-state index contributed by atoms with van der Waals surface area (Å²) in [4.78, 5) is 19.8. The number of benzene rings is 1. The van der Waals surface area contributed by atoms with E-state index in [1.807, 2.05) is 0 Å². The number of halogens is 3. The number of ether oxygens (including phenoxy) is 1. The zero-order valence-corrected chi connectivity index (χ0v) is 17.3. The van der Waals surface area contributed by atoms with Gasteiger partial charge in [-0.1, -0.05) is 17.7 Å². The summed E-state index contributed by atoms with van der Waals surface area (Å²) in [5.41, 5.74) is -0.153. The van der Waals surface area contributed by atoms with Crippen molar-refractivity contribution in [1.82, 2.24) is 15.3 Å². The fourth-order valence-electron chi connectivity index (χ4n) is 2.25. The van der Waals surface area contributed by atoms with Gasteiger partial charge in [0.15, 0.2) is 15.6 Å². The Morgan fingerprint density at radius 3 is 2.38 bits per heavy atom. The molecule has 2 aromatic rings. The lowest BCUT2D eigenvalue weighted by molar-refractivity contribution is 0.0936. The minimum atomic E-state index is -3.31. The maximum atomic E-state index is 14.0. The van der Waals surface area contributed by atoms with E-state index in [4.69, 9.17) is 16.3 Å². The Morgan fingerprint density at radius 1 is 1.21 bits per heavy atom. The highest BCUT2D eigenvalue weighted by Crippen LogP contribution is 2.31. The van der Waals surface area contributed by atoms with Gasteiger partial charge in [0.2, 0.25) is 5.82 Å². The molecule has 7 nitrogen and oxygen atoms in total. The van der Waals surface area contributed by atoms with Gasteiger partial charge >= 0.3 is 0 Å². The van der Waals surface area contributed by atoms with Crippen molar-refractivity contribution >= 4 is 27.3 Å². The number of carbonyl (C=O) groups excluding carboxylic acids is 1. The van der Waals surface area contributed by atoms with E-state index in [2.05, 4.69) is 15.3 Å². The molecule has 0 fully saturated rings. The van der Waals surface area contributed by atoms with Gasteiger partial charge in [-0.15, -0.1) is 0 Å². The molecule has 0 bridgehead atoms. The molecule has 2 atom stereocenters. The summed E-state index contributed by atoms with van der Waals surface area (Å²) in [5, 5.41) is 3.11. The molecule has 1 N–H and O–H groups in total. The number of rotatable bonds is 7. The number of amides is 1. The van der Waals surface area contributed by atoms with Gasteiger partial charge in [-0.25, -0.2) is 27.2 Å². The molecule has 0 aliphatic heterocycles. The molecule has 1 unspecified atom stereocenters. The molecule has 156 valence electrons. The van der Waals surface area contributed by atoms with Gasteiger partial charge < -0.3 is 10.1 Å². The third-order valence-electron chi connectivity index (χ3n) is 3.60. The molecule has 1 aromatic carbocycles. The van der Waals surface area contributed by atoms with Crippen LogP contribution < -0.4 is 10.1 Å². The maximum absolute atomic E-state index is 14.0. The minimum absolute atomic E-state index is 0.110. The van der Waals surface area contributed by atoms with E-state index in [0.717, 1.165) is 23.8 Å². The normalized spacial score (nSPS) is 13.9. The Morgan fingerprint density at radius 2 is 1.79 bits per heavy atom. The third-order valence-corrected chi connectivity index (χ3v) is 4.64. The van der Waals surface area contributed by atoms with E-state index in [-0.39, 0.29) is 22.2 Å². The molecule has 0 spiro atoms. The van der Waals surface area contributed by atoms with Crippen molar-refractivity contribution in [2.75, 3.05) is 6.26 Å². The topological polar surface area (TPSA) is 98.2 Å². The molecule has 0 saturated carbocycles. The van der Waals surface area contributed by atoms with Crippen LogP contribution in [0.15, 0.2) is 36.0 Å². The quantitative estimate of drug-likeness (QED) is 0.657. The number of sulfone groups is 1. The monoisotopic (exact) mass is 445 g/mol. The molecule has 0 radical (unpaired) electrons. The van der Waals surface area contributed by atoms with Crippen LogP contribution in [0.25, 0.3) is 0 Å². The van der Waals surface area contributed by atoms with Gasteiger partial charge in [-0.2, -0.15) is 0 Å². The smallest absolute Gasteiger partial charge is 0.289 e. The van der Waals surface area contributed by atoms with E-state index < -0.39 is 39.5 Å². The molecule has 0 aliphatic carbocycles. The van der Waals surface area contributed by atoms with Crippen LogP contribution in [0.1, 0.15) is 36.1 Å². The maximum Gasteiger partial charge on any atom is 0.289 e. The second-order valence-electron chi connectivity index (χ2n) is 6.18. The number of nitrogens with zero attached hydrogens (tertiary/aromatic N) is 2. The Hall–Kier alpha value is -2.59. The highest BCUT2D eigenvalue weighted by atomic mass is 35.5. The predicted molar refractivity (Wildman–Crippen MR) is 103 cm³/mol. The Bertz CT molecular complexity index is 1030. The second-order valence-corrected chi connectivity index (χ2v) is 8.49. The zero-order valence-electron chi connectivity index (χ0n) is 15.7. The first-order valence-corrected chi connectivity index (χ1v) is 10.6. The van der Waals surface area contributed by atoms with Crippen LogP contribution in [0.2, 0.25) is 5.02 Å². The van der Waals surface area contributed by atoms with Crippen molar-refractivity contribution in [2.45, 2.75) is 26.0 Å². The Labute approximate surface area is 171 Å². The van der Waals surface area contributed by atoms with Crippen LogP contribution in [-0.4, -0.2) is 36.6 Å². The van der Waals surface area contributed by atoms with Crippen LogP contribution in [-0.2, 0) is 9.84 Å². The van der Waals surface area contributed by atoms with Gasteiger partial charge in [-0.3, -0.25) is 4.79 Å². The summed E-state index contributed by atoms with van der Waals surface area (Å²) >= 11 is 5.81. The van der Waals surface area contributed by atoms with Crippen molar-refractivity contribution in [3.63, 3.8) is 0 Å². The SMILES string of the molecule is CC(Oc1cnc(C(=O)N[C@H](C)/C=C/S(C)(=O)=O)nc1)c1c(F)ccc(F)c1Cl. The molecule has 0 saturated heterocycles. The van der Waals surface area contributed by atoms with Crippen LogP contribution in [0.5, 0.6) is 5.75 Å². The molecule has 0 aliphatic rings. The number of hydrogen-bond donors (Lipinski definition) is 1. The van der Waals surface area contributed by atoms with Crippen LogP contribution >= 0.6 is 11.6 Å². The summed E-state index contributed by atoms with van der Waals surface area (Å²) in [6.07, 6.45) is 3.79. The summed E-state index contributed by atoms with van der Waals surface area (Å²) in [6, 6.07) is 1.28. The summed E-state index contributed by atoms with van der Waals surface area (Å²) < 4.78 is 55.2. The van der Waals surface area contributed by atoms with Crippen molar-refractivity contribution in [3.8, 4) is 5.75 Å². The summed E-state index contributed by atoms with van der Waals surface area (Å²) in [5.74, 6) is -2.20. The van der Waals surface area contributed by atoms with Crippen molar-refractivity contribution in [3.05, 3.63) is 64.1 Å². The van der Waals surface area contributed by atoms with Crippen LogP contribution in [0.4, 0.5) is 8.78 Å². The first-order valence-electron chi connectivity index (χ1n) is 8.29. The fraction of sp³-hybridized carbons (Fsp3) is 0.278. The molecule has 11 heteroatoms. The third kappa shape index (κ3) is 6.47. The van der Waals surface area contributed by atoms with Gasteiger partial charge in [0.25, 0.3) is 5.91 Å².